The SMILES string of the molecule is CC(C)(C)c1c[c-]c2c(c1)-c1cc(C(C)(C)C)ccc1C1=NO[CH-]N12.CC(C)c1ccc2c(c1)C1=NO[CH-]N1c1[c-]cc(C(C)C)cc1-2.CC(C)c1cccc(C(C)C)c1-c1ccc2c(c1)-c1ccc[c-]c1N1[CH-]ON=C21.Cc1c[c-]c2c(c1)-c1cc(C)ccc1C1=C(c3c(C)cccc3C)S[CH-]N12.Cc1cccc(C)c1-c1c[c-]c2c(c1)-c1ccccc1C1=NO[CH-]N12.[Ir].[Ir].[Ir].[Ir].[Ir]. The van der Waals surface area contributed by atoms with Crippen LogP contribution >= 0.6 is 11.8 Å². The van der Waals surface area contributed by atoms with Gasteiger partial charge in [-0.1, -0.05) is 339 Å². The van der Waals surface area contributed by atoms with Crippen molar-refractivity contribution in [1.29, 1.82) is 0 Å². The minimum Gasteiger partial charge on any atom is -0.544 e. The number of nitrogens with zero attached hydrogens (tertiary/aromatic N) is 9. The largest absolute Gasteiger partial charge is 0.544 e. The van der Waals surface area contributed by atoms with Crippen LogP contribution in [-0.2, 0) is 131 Å². The smallest absolute Gasteiger partial charge is 0.148 e. The van der Waals surface area contributed by atoms with Crippen LogP contribution in [0.5, 0.6) is 0 Å². The summed E-state index contributed by atoms with van der Waals surface area (Å²) in [5.74, 6) is 7.44. The van der Waals surface area contributed by atoms with Gasteiger partial charge in [-0.05, 0) is 146 Å². The van der Waals surface area contributed by atoms with E-state index in [1.165, 1.54) is 150 Å². The molecule has 695 valence electrons. The molecule has 0 amide bonds. The fourth-order valence-corrected chi connectivity index (χ4v) is 20.0. The van der Waals surface area contributed by atoms with Gasteiger partial charge in [0.2, 0.25) is 0 Å². The van der Waals surface area contributed by atoms with E-state index in [4.69, 9.17) is 19.4 Å². The Hall–Kier alpha value is -9.92. The maximum absolute atomic E-state index is 5.29. The van der Waals surface area contributed by atoms with Gasteiger partial charge in [-0.3, -0.25) is 11.8 Å². The van der Waals surface area contributed by atoms with Crippen LogP contribution in [-0.4, -0.2) is 23.3 Å². The van der Waals surface area contributed by atoms with Gasteiger partial charge < -0.3 is 43.8 Å². The first-order valence-electron chi connectivity index (χ1n) is 44.7. The standard InChI is InChI=1S/C26H24N2O.C25H21NS.C22H16N2O.C22H24N2O.C20H20N2O.5Ir/c1-16(2)19-9-7-10-20(17(3)4)25(19)18-12-13-22-23(14-18)21-8-5-6-11-24(21)28-15-29-27-26(22)28;1-15-8-10-19-20(12-15)21-13-16(2)9-11-22(21)26-14-27-25(24(19)26)23-17(3)6-5-7-18(23)4;1-14-6-5-7-15(2)21(14)16-10-11-20-19(12-16)17-8-3-4-9-18(17)22-23-25-13-24(20)22;1-21(2,3)14-7-9-16-17(11-14)18-12-15(22(4,5)6)8-10-19(18)24-13-25-23-20(16)24;1-12(2)14-5-7-16-17-9-15(13(3)4)6-8-19(17)22-11-23-21-20(22)18(16)10-14;;;;;/h5-10,12-17H,1-4H3;5-10,12-14H,1-4H3;3-10,12-13H,1-2H3;7-9,11-13H,1-6H3;5-7,9-13H,1-4H3;;;;;/q5*-2;;;;;. The summed E-state index contributed by atoms with van der Waals surface area (Å²) in [7, 11) is 0. The number of benzene rings is 13. The molecule has 10 aliphatic rings. The van der Waals surface area contributed by atoms with Gasteiger partial charge in [-0.15, -0.1) is 59.6 Å². The van der Waals surface area contributed by atoms with Crippen LogP contribution in [0.15, 0.2) is 239 Å². The van der Waals surface area contributed by atoms with E-state index in [1.54, 1.807) is 26.9 Å². The molecule has 0 saturated heterocycles. The third-order valence-electron chi connectivity index (χ3n) is 25.8. The van der Waals surface area contributed by atoms with Crippen molar-refractivity contribution in [3.8, 4) is 77.9 Å². The van der Waals surface area contributed by atoms with Crippen LogP contribution in [0.1, 0.15) is 221 Å². The van der Waals surface area contributed by atoms with E-state index in [0.29, 0.717) is 23.7 Å². The third-order valence-corrected chi connectivity index (χ3v) is 26.7. The van der Waals surface area contributed by atoms with Gasteiger partial charge in [0.05, 0.1) is 0 Å². The second kappa shape index (κ2) is 40.4. The second-order valence-corrected chi connectivity index (χ2v) is 38.9. The molecule has 0 N–H and O–H groups in total. The average molecular weight is 2670 g/mol. The molecule has 0 fully saturated rings. The van der Waals surface area contributed by atoms with E-state index in [0.717, 1.165) is 90.7 Å². The Balaban J connectivity index is 0.000000133. The number of anilines is 5. The minimum absolute atomic E-state index is 0. The van der Waals surface area contributed by atoms with E-state index in [1.807, 2.05) is 49.6 Å². The molecule has 0 aromatic heterocycles. The van der Waals surface area contributed by atoms with Crippen molar-refractivity contribution >= 4 is 74.1 Å². The Morgan fingerprint density at radius 1 is 0.306 bits per heavy atom. The predicted octanol–water partition coefficient (Wildman–Crippen LogP) is 29.1. The number of hydrogen-bond acceptors (Lipinski definition) is 14. The van der Waals surface area contributed by atoms with Gasteiger partial charge >= 0.3 is 0 Å². The van der Waals surface area contributed by atoms with E-state index >= 15 is 0 Å². The molecule has 0 aliphatic carbocycles. The first-order chi connectivity index (χ1) is 62.1. The maximum Gasteiger partial charge on any atom is 0.148 e. The molecule has 0 bridgehead atoms. The summed E-state index contributed by atoms with van der Waals surface area (Å²) in [6, 6.07) is 95.6. The fraction of sp³-hybridized carbons (Fsp3) is 0.226. The molecule has 13 aromatic carbocycles. The molecule has 5 radical (unpaired) electrons. The molecule has 10 aliphatic heterocycles. The number of fused-ring (bicyclic) bond motifs is 30. The summed E-state index contributed by atoms with van der Waals surface area (Å²) in [6.45, 7) is 51.0. The Labute approximate surface area is 863 Å². The molecule has 0 spiro atoms. The van der Waals surface area contributed by atoms with Crippen LogP contribution in [0.4, 0.5) is 28.4 Å². The Morgan fingerprint density at radius 3 is 1.30 bits per heavy atom. The van der Waals surface area contributed by atoms with Gasteiger partial charge in [-0.2, -0.15) is 114 Å². The van der Waals surface area contributed by atoms with Crippen molar-refractivity contribution in [3.05, 3.63) is 382 Å². The Bertz CT molecular complexity index is 6830. The van der Waals surface area contributed by atoms with Crippen molar-refractivity contribution in [3.63, 3.8) is 0 Å². The van der Waals surface area contributed by atoms with Gasteiger partial charge in [0, 0.05) is 133 Å². The third kappa shape index (κ3) is 18.5. The molecule has 134 heavy (non-hydrogen) atoms. The quantitative estimate of drug-likeness (QED) is 0.143. The topological polar surface area (TPSA) is 103 Å². The normalized spacial score (nSPS) is 14.4. The summed E-state index contributed by atoms with van der Waals surface area (Å²) in [5.41, 5.74) is 46.5. The zero-order valence-corrected chi connectivity index (χ0v) is 91.5. The zero-order chi connectivity index (χ0) is 89.9. The van der Waals surface area contributed by atoms with Crippen LogP contribution in [0, 0.1) is 105 Å². The predicted molar refractivity (Wildman–Crippen MR) is 532 cm³/mol. The van der Waals surface area contributed by atoms with Gasteiger partial charge in [0.1, 0.15) is 23.3 Å². The van der Waals surface area contributed by atoms with Crippen LogP contribution < -0.4 is 24.5 Å². The van der Waals surface area contributed by atoms with Crippen molar-refractivity contribution in [2.75, 3.05) is 24.5 Å². The Morgan fingerprint density at radius 2 is 0.724 bits per heavy atom. The van der Waals surface area contributed by atoms with E-state index in [-0.39, 0.29) is 111 Å². The van der Waals surface area contributed by atoms with Crippen molar-refractivity contribution < 1.29 is 120 Å². The Kier molecular flexibility index (Phi) is 30.2. The van der Waals surface area contributed by atoms with Gasteiger partial charge in [-0.25, -0.2) is 0 Å². The van der Waals surface area contributed by atoms with E-state index < -0.39 is 0 Å². The molecule has 0 saturated carbocycles. The van der Waals surface area contributed by atoms with Crippen molar-refractivity contribution in [2.24, 2.45) is 20.6 Å². The second-order valence-electron chi connectivity index (χ2n) is 38.0. The first kappa shape index (κ1) is 100. The summed E-state index contributed by atoms with van der Waals surface area (Å²) in [5, 5.41) is 16.9. The molecule has 0 atom stereocenters. The molecule has 10 heterocycles. The number of amidine groups is 4. The minimum atomic E-state index is 0. The summed E-state index contributed by atoms with van der Waals surface area (Å²) in [6.07, 6.45) is 0. The number of oxime groups is 4. The number of hydrogen-bond donors (Lipinski definition) is 0. The van der Waals surface area contributed by atoms with E-state index in [9.17, 15) is 0 Å². The summed E-state index contributed by atoms with van der Waals surface area (Å²) >= 11 is 1.83. The molecule has 0 unspecified atom stereocenters. The summed E-state index contributed by atoms with van der Waals surface area (Å²) < 4.78 is 0. The molecule has 23 rings (SSSR count). The van der Waals surface area contributed by atoms with Crippen molar-refractivity contribution in [2.45, 2.75) is 173 Å². The van der Waals surface area contributed by atoms with Crippen LogP contribution in [0.2, 0.25) is 0 Å². The fourth-order valence-electron chi connectivity index (χ4n) is 18.8. The molecular formula is C115H105Ir5N9O4S-10. The summed E-state index contributed by atoms with van der Waals surface area (Å²) in [4.78, 5) is 32.6. The van der Waals surface area contributed by atoms with Crippen LogP contribution in [0.3, 0.4) is 0 Å². The molecule has 19 heteroatoms. The molecule has 13 aromatic rings. The number of thioether (sulfide) groups is 1. The van der Waals surface area contributed by atoms with Crippen LogP contribution in [0.25, 0.3) is 88.5 Å². The van der Waals surface area contributed by atoms with Gasteiger partial charge in [0.15, 0.2) is 0 Å². The number of para-hydroxylation sites is 1. The van der Waals surface area contributed by atoms with Gasteiger partial charge in [0.25, 0.3) is 0 Å². The number of rotatable bonds is 7. The number of aryl methyl sites for hydroxylation is 6. The maximum atomic E-state index is 5.29. The molecular weight excluding hydrogens is 2560 g/mol. The molecule has 13 nitrogen and oxygen atoms in total. The average Bonchev–Trinajstić information content (AvgIpc) is 1.52. The van der Waals surface area contributed by atoms with E-state index in [2.05, 4.69) is 400 Å². The first-order valence-corrected chi connectivity index (χ1v) is 45.6. The monoisotopic (exact) mass is 2670 g/mol. The van der Waals surface area contributed by atoms with Crippen molar-refractivity contribution in [1.82, 2.24) is 0 Å². The zero-order valence-electron chi connectivity index (χ0n) is 78.7.